The topological polar surface area (TPSA) is 66.8 Å². The van der Waals surface area contributed by atoms with E-state index in [1.54, 1.807) is 30.3 Å². The van der Waals surface area contributed by atoms with E-state index < -0.39 is 17.6 Å². The van der Waals surface area contributed by atoms with Gasteiger partial charge in [0.25, 0.3) is 5.91 Å². The summed E-state index contributed by atoms with van der Waals surface area (Å²) < 4.78 is 32.4. The second-order valence-electron chi connectivity index (χ2n) is 6.47. The van der Waals surface area contributed by atoms with Gasteiger partial charge in [-0.15, -0.1) is 0 Å². The Bertz CT molecular complexity index is 988. The number of carbonyl (C=O) groups is 2. The largest absolute Gasteiger partial charge is 0.489 e. The number of thioether (sulfide) groups is 1. The summed E-state index contributed by atoms with van der Waals surface area (Å²) in [4.78, 5) is 25.0. The Hall–Kier alpha value is -2.78. The molecule has 0 aromatic heterocycles. The molecule has 1 amide bonds. The first-order chi connectivity index (χ1) is 14.3. The van der Waals surface area contributed by atoms with Gasteiger partial charge in [0.2, 0.25) is 0 Å². The van der Waals surface area contributed by atoms with Crippen molar-refractivity contribution in [2.24, 2.45) is 0 Å². The normalized spacial score (nSPS) is 15.1. The summed E-state index contributed by atoms with van der Waals surface area (Å²) in [6, 6.07) is 10.1. The molecule has 1 N–H and O–H groups in total. The van der Waals surface area contributed by atoms with Crippen molar-refractivity contribution in [1.29, 1.82) is 0 Å². The predicted molar refractivity (Wildman–Crippen MR) is 114 cm³/mol. The maximum atomic E-state index is 13.2. The molecule has 1 heterocycles. The molecule has 0 aliphatic carbocycles. The number of hydrogen-bond acceptors (Lipinski definition) is 5. The van der Waals surface area contributed by atoms with Crippen molar-refractivity contribution >= 4 is 46.3 Å². The van der Waals surface area contributed by atoms with Crippen LogP contribution in [0.15, 0.2) is 47.4 Å². The average molecular weight is 450 g/mol. The highest BCUT2D eigenvalue weighted by molar-refractivity contribution is 8.26. The van der Waals surface area contributed by atoms with E-state index in [4.69, 9.17) is 22.1 Å². The highest BCUT2D eigenvalue weighted by atomic mass is 32.2. The number of halogens is 2. The zero-order chi connectivity index (χ0) is 21.7. The van der Waals surface area contributed by atoms with E-state index in [1.165, 1.54) is 28.8 Å². The first-order valence-electron chi connectivity index (χ1n) is 8.97. The minimum atomic E-state index is -0.916. The van der Waals surface area contributed by atoms with Gasteiger partial charge < -0.3 is 9.84 Å². The van der Waals surface area contributed by atoms with Crippen LogP contribution in [-0.2, 0) is 16.2 Å². The highest BCUT2D eigenvalue weighted by Crippen LogP contribution is 2.33. The highest BCUT2D eigenvalue weighted by Gasteiger charge is 2.31. The standard InChI is InChI=1S/C21H17F2NO4S2/c22-15-8-14(9-16(23)11-15)12-28-17-5-3-13(4-6-17)10-18-20(27)24(21(29)30-18)7-1-2-19(25)26/h3-6,8-11H,1-2,7,12H2,(H,25,26). The molecule has 0 bridgehead atoms. The third-order valence-electron chi connectivity index (χ3n) is 4.15. The van der Waals surface area contributed by atoms with Crippen LogP contribution in [0, 0.1) is 11.6 Å². The molecule has 1 saturated heterocycles. The van der Waals surface area contributed by atoms with E-state index in [-0.39, 0.29) is 25.5 Å². The minimum absolute atomic E-state index is 0.0169. The lowest BCUT2D eigenvalue weighted by Gasteiger charge is -2.13. The molecule has 5 nitrogen and oxygen atoms in total. The van der Waals surface area contributed by atoms with Crippen LogP contribution < -0.4 is 4.74 Å². The number of carboxylic acids is 1. The minimum Gasteiger partial charge on any atom is -0.489 e. The van der Waals surface area contributed by atoms with Gasteiger partial charge in [-0.2, -0.15) is 0 Å². The number of aliphatic carboxylic acids is 1. The Kier molecular flexibility index (Phi) is 7.17. The summed E-state index contributed by atoms with van der Waals surface area (Å²) in [6.07, 6.45) is 2.00. The van der Waals surface area contributed by atoms with Crippen LogP contribution in [0.5, 0.6) is 5.75 Å². The van der Waals surface area contributed by atoms with Gasteiger partial charge in [-0.3, -0.25) is 14.5 Å². The van der Waals surface area contributed by atoms with E-state index >= 15 is 0 Å². The molecule has 2 aromatic carbocycles. The first-order valence-corrected chi connectivity index (χ1v) is 10.2. The van der Waals surface area contributed by atoms with Crippen LogP contribution in [-0.4, -0.2) is 32.7 Å². The Morgan fingerprint density at radius 3 is 2.47 bits per heavy atom. The molecule has 0 unspecified atom stereocenters. The van der Waals surface area contributed by atoms with Gasteiger partial charge in [0, 0.05) is 19.0 Å². The van der Waals surface area contributed by atoms with E-state index in [1.807, 2.05) is 0 Å². The summed E-state index contributed by atoms with van der Waals surface area (Å²) in [5.41, 5.74) is 1.13. The maximum Gasteiger partial charge on any atom is 0.303 e. The predicted octanol–water partition coefficient (Wildman–Crippen LogP) is 4.61. The number of rotatable bonds is 8. The molecule has 1 fully saturated rings. The summed E-state index contributed by atoms with van der Waals surface area (Å²) in [5.74, 6) is -1.98. The van der Waals surface area contributed by atoms with Gasteiger partial charge in [0.15, 0.2) is 0 Å². The van der Waals surface area contributed by atoms with E-state index in [0.717, 1.165) is 11.6 Å². The van der Waals surface area contributed by atoms with E-state index in [2.05, 4.69) is 0 Å². The SMILES string of the molecule is O=C(O)CCCN1C(=O)C(=Cc2ccc(OCc3cc(F)cc(F)c3)cc2)SC1=S. The molecule has 2 aromatic rings. The van der Waals surface area contributed by atoms with Crippen LogP contribution in [0.25, 0.3) is 6.08 Å². The fraction of sp³-hybridized carbons (Fsp3) is 0.190. The molecule has 30 heavy (non-hydrogen) atoms. The third-order valence-corrected chi connectivity index (χ3v) is 5.53. The average Bonchev–Trinajstić information content (AvgIpc) is 2.94. The lowest BCUT2D eigenvalue weighted by atomic mass is 10.2. The van der Waals surface area contributed by atoms with Crippen molar-refractivity contribution in [3.63, 3.8) is 0 Å². The second-order valence-corrected chi connectivity index (χ2v) is 8.14. The molecule has 156 valence electrons. The smallest absolute Gasteiger partial charge is 0.303 e. The fourth-order valence-corrected chi connectivity index (χ4v) is 4.06. The van der Waals surface area contributed by atoms with Crippen molar-refractivity contribution < 1.29 is 28.2 Å². The number of carboxylic acid groups (broad SMARTS) is 1. The van der Waals surface area contributed by atoms with Crippen molar-refractivity contribution in [3.8, 4) is 5.75 Å². The van der Waals surface area contributed by atoms with Gasteiger partial charge in [-0.25, -0.2) is 8.78 Å². The number of amides is 1. The van der Waals surface area contributed by atoms with Gasteiger partial charge in [-0.05, 0) is 47.9 Å². The van der Waals surface area contributed by atoms with Crippen LogP contribution >= 0.6 is 24.0 Å². The van der Waals surface area contributed by atoms with Crippen LogP contribution in [0.3, 0.4) is 0 Å². The molecule has 3 rings (SSSR count). The lowest BCUT2D eigenvalue weighted by Crippen LogP contribution is -2.29. The molecule has 0 atom stereocenters. The van der Waals surface area contributed by atoms with Crippen molar-refractivity contribution in [3.05, 3.63) is 70.1 Å². The van der Waals surface area contributed by atoms with Crippen molar-refractivity contribution in [1.82, 2.24) is 4.90 Å². The number of carbonyl (C=O) groups excluding carboxylic acids is 1. The maximum absolute atomic E-state index is 13.2. The molecular weight excluding hydrogens is 432 g/mol. The lowest BCUT2D eigenvalue weighted by molar-refractivity contribution is -0.137. The summed E-state index contributed by atoms with van der Waals surface area (Å²) in [7, 11) is 0. The van der Waals surface area contributed by atoms with Crippen LogP contribution in [0.4, 0.5) is 8.78 Å². The Balaban J connectivity index is 1.60. The number of ether oxygens (including phenoxy) is 1. The number of thiocarbonyl (C=S) groups is 1. The summed E-state index contributed by atoms with van der Waals surface area (Å²) in [6.45, 7) is 0.283. The molecule has 1 aliphatic rings. The van der Waals surface area contributed by atoms with Crippen molar-refractivity contribution in [2.45, 2.75) is 19.4 Å². The molecule has 0 spiro atoms. The van der Waals surface area contributed by atoms with Gasteiger partial charge >= 0.3 is 5.97 Å². The third kappa shape index (κ3) is 5.87. The van der Waals surface area contributed by atoms with Gasteiger partial charge in [0.05, 0.1) is 4.91 Å². The van der Waals surface area contributed by atoms with Gasteiger partial charge in [0.1, 0.15) is 28.3 Å². The van der Waals surface area contributed by atoms with Crippen LogP contribution in [0.2, 0.25) is 0 Å². The molecule has 0 radical (unpaired) electrons. The van der Waals surface area contributed by atoms with E-state index in [9.17, 15) is 18.4 Å². The molecule has 1 aliphatic heterocycles. The Morgan fingerprint density at radius 2 is 1.83 bits per heavy atom. The quantitative estimate of drug-likeness (QED) is 0.469. The Morgan fingerprint density at radius 1 is 1.17 bits per heavy atom. The summed E-state index contributed by atoms with van der Waals surface area (Å²) >= 11 is 6.39. The molecule has 9 heteroatoms. The number of hydrogen-bond donors (Lipinski definition) is 1. The first kappa shape index (κ1) is 21.9. The number of benzene rings is 2. The van der Waals surface area contributed by atoms with Crippen molar-refractivity contribution in [2.75, 3.05) is 6.54 Å². The number of nitrogens with zero attached hydrogens (tertiary/aromatic N) is 1. The van der Waals surface area contributed by atoms with Gasteiger partial charge in [-0.1, -0.05) is 36.1 Å². The van der Waals surface area contributed by atoms with E-state index in [0.29, 0.717) is 27.0 Å². The molecule has 0 saturated carbocycles. The zero-order valence-corrected chi connectivity index (χ0v) is 17.3. The zero-order valence-electron chi connectivity index (χ0n) is 15.6. The van der Waals surface area contributed by atoms with Crippen LogP contribution in [0.1, 0.15) is 24.0 Å². The second kappa shape index (κ2) is 9.82. The fourth-order valence-electron chi connectivity index (χ4n) is 2.75. The summed E-state index contributed by atoms with van der Waals surface area (Å²) in [5, 5.41) is 8.72. The Labute approximate surface area is 181 Å². The monoisotopic (exact) mass is 449 g/mol. The molecular formula is C21H17F2NO4S2.